The van der Waals surface area contributed by atoms with E-state index in [1.165, 1.54) is 0 Å². The van der Waals surface area contributed by atoms with Crippen LogP contribution in [0.15, 0.2) is 6.07 Å². The second-order valence-corrected chi connectivity index (χ2v) is 4.09. The summed E-state index contributed by atoms with van der Waals surface area (Å²) in [5.74, 6) is 0. The van der Waals surface area contributed by atoms with Gasteiger partial charge in [0.25, 0.3) is 0 Å². The van der Waals surface area contributed by atoms with E-state index in [1.807, 2.05) is 26.8 Å². The summed E-state index contributed by atoms with van der Waals surface area (Å²) >= 11 is 5.87. The third-order valence-corrected chi connectivity index (χ3v) is 2.27. The molecule has 1 N–H and O–H groups in total. The molecule has 0 aliphatic carbocycles. The molecule has 13 heavy (non-hydrogen) atoms. The minimum atomic E-state index is -0.363. The van der Waals surface area contributed by atoms with E-state index < -0.39 is 0 Å². The molecule has 0 atom stereocenters. The van der Waals surface area contributed by atoms with E-state index in [0.29, 0.717) is 5.15 Å². The zero-order valence-electron chi connectivity index (χ0n) is 8.00. The molecule has 72 valence electrons. The summed E-state index contributed by atoms with van der Waals surface area (Å²) in [7, 11) is 0. The highest BCUT2D eigenvalue weighted by Crippen LogP contribution is 2.27. The van der Waals surface area contributed by atoms with Gasteiger partial charge < -0.3 is 5.11 Å². The zero-order chi connectivity index (χ0) is 10.1. The van der Waals surface area contributed by atoms with Crippen molar-refractivity contribution in [3.63, 3.8) is 0 Å². The Kier molecular flexibility index (Phi) is 2.88. The van der Waals surface area contributed by atoms with Crippen molar-refractivity contribution in [1.82, 2.24) is 10.2 Å². The molecule has 0 fully saturated rings. The maximum atomic E-state index is 9.16. The molecule has 1 rings (SSSR count). The largest absolute Gasteiger partial charge is 0.395 e. The number of aryl methyl sites for hydroxylation is 1. The predicted octanol–water partition coefficient (Wildman–Crippen LogP) is 1.71. The van der Waals surface area contributed by atoms with Crippen molar-refractivity contribution in [2.45, 2.75) is 26.2 Å². The van der Waals surface area contributed by atoms with Crippen LogP contribution in [-0.4, -0.2) is 21.9 Å². The van der Waals surface area contributed by atoms with Crippen LogP contribution in [0.5, 0.6) is 0 Å². The first-order valence-corrected chi connectivity index (χ1v) is 4.46. The van der Waals surface area contributed by atoms with E-state index in [0.717, 1.165) is 11.3 Å². The van der Waals surface area contributed by atoms with E-state index in [-0.39, 0.29) is 12.0 Å². The number of aliphatic hydroxyl groups is 1. The molecule has 1 heterocycles. The highest BCUT2D eigenvalue weighted by atomic mass is 35.5. The van der Waals surface area contributed by atoms with Crippen LogP contribution in [0.1, 0.15) is 25.1 Å². The SMILES string of the molecule is Cc1cc(C(C)(C)CO)c(Cl)nn1. The maximum absolute atomic E-state index is 9.16. The number of rotatable bonds is 2. The van der Waals surface area contributed by atoms with Gasteiger partial charge in [-0.1, -0.05) is 25.4 Å². The van der Waals surface area contributed by atoms with Crippen molar-refractivity contribution in [2.24, 2.45) is 0 Å². The summed E-state index contributed by atoms with van der Waals surface area (Å²) in [5, 5.41) is 17.1. The molecule has 0 unspecified atom stereocenters. The first kappa shape index (κ1) is 10.4. The molecule has 0 saturated heterocycles. The third-order valence-electron chi connectivity index (χ3n) is 2.00. The van der Waals surface area contributed by atoms with E-state index >= 15 is 0 Å². The fourth-order valence-electron chi connectivity index (χ4n) is 1.03. The Bertz CT molecular complexity index is 312. The van der Waals surface area contributed by atoms with Gasteiger partial charge >= 0.3 is 0 Å². The van der Waals surface area contributed by atoms with Gasteiger partial charge in [0.15, 0.2) is 5.15 Å². The molecule has 1 aromatic rings. The first-order chi connectivity index (χ1) is 5.97. The van der Waals surface area contributed by atoms with Gasteiger partial charge in [-0.2, -0.15) is 5.10 Å². The van der Waals surface area contributed by atoms with Crippen LogP contribution < -0.4 is 0 Å². The second kappa shape index (κ2) is 3.60. The number of aliphatic hydroxyl groups excluding tert-OH is 1. The summed E-state index contributed by atoms with van der Waals surface area (Å²) in [6.45, 7) is 5.71. The summed E-state index contributed by atoms with van der Waals surface area (Å²) in [5.41, 5.74) is 1.28. The number of hydrogen-bond donors (Lipinski definition) is 1. The van der Waals surface area contributed by atoms with Crippen LogP contribution in [0.3, 0.4) is 0 Å². The van der Waals surface area contributed by atoms with Crippen LogP contribution >= 0.6 is 11.6 Å². The van der Waals surface area contributed by atoms with Crippen LogP contribution in [-0.2, 0) is 5.41 Å². The van der Waals surface area contributed by atoms with E-state index in [4.69, 9.17) is 16.7 Å². The molecule has 0 radical (unpaired) electrons. The minimum Gasteiger partial charge on any atom is -0.395 e. The van der Waals surface area contributed by atoms with Gasteiger partial charge in [0, 0.05) is 11.0 Å². The number of halogens is 1. The number of nitrogens with zero attached hydrogens (tertiary/aromatic N) is 2. The zero-order valence-corrected chi connectivity index (χ0v) is 8.76. The van der Waals surface area contributed by atoms with Crippen LogP contribution in [0.2, 0.25) is 5.15 Å². The first-order valence-electron chi connectivity index (χ1n) is 4.08. The standard InChI is InChI=1S/C9H13ClN2O/c1-6-4-7(8(10)12-11-6)9(2,3)5-13/h4,13H,5H2,1-3H3. The van der Waals surface area contributed by atoms with Crippen molar-refractivity contribution < 1.29 is 5.11 Å². The normalized spacial score (nSPS) is 11.8. The van der Waals surface area contributed by atoms with Gasteiger partial charge in [-0.15, -0.1) is 5.10 Å². The molecule has 3 nitrogen and oxygen atoms in total. The number of hydrogen-bond acceptors (Lipinski definition) is 3. The molecule has 1 aromatic heterocycles. The van der Waals surface area contributed by atoms with Crippen molar-refractivity contribution in [2.75, 3.05) is 6.61 Å². The molecule has 0 amide bonds. The molecule has 0 aliphatic rings. The lowest BCUT2D eigenvalue weighted by molar-refractivity contribution is 0.218. The van der Waals surface area contributed by atoms with Gasteiger partial charge in [0.05, 0.1) is 12.3 Å². The topological polar surface area (TPSA) is 46.0 Å². The lowest BCUT2D eigenvalue weighted by Crippen LogP contribution is -2.23. The summed E-state index contributed by atoms with van der Waals surface area (Å²) < 4.78 is 0. The molecule has 0 aromatic carbocycles. The van der Waals surface area contributed by atoms with Crippen molar-refractivity contribution in [1.29, 1.82) is 0 Å². The lowest BCUT2D eigenvalue weighted by atomic mass is 9.87. The van der Waals surface area contributed by atoms with Gasteiger partial charge in [-0.25, -0.2) is 0 Å². The fourth-order valence-corrected chi connectivity index (χ4v) is 1.38. The van der Waals surface area contributed by atoms with Gasteiger partial charge in [-0.05, 0) is 13.0 Å². The molecular weight excluding hydrogens is 188 g/mol. The van der Waals surface area contributed by atoms with E-state index in [9.17, 15) is 0 Å². The Hall–Kier alpha value is -0.670. The van der Waals surface area contributed by atoms with Gasteiger partial charge in [-0.3, -0.25) is 0 Å². The third kappa shape index (κ3) is 2.17. The van der Waals surface area contributed by atoms with Crippen LogP contribution in [0.25, 0.3) is 0 Å². The summed E-state index contributed by atoms with van der Waals surface area (Å²) in [4.78, 5) is 0. The molecule has 4 heteroatoms. The van der Waals surface area contributed by atoms with Gasteiger partial charge in [0.2, 0.25) is 0 Å². The van der Waals surface area contributed by atoms with Crippen LogP contribution in [0.4, 0.5) is 0 Å². The quantitative estimate of drug-likeness (QED) is 0.791. The van der Waals surface area contributed by atoms with Crippen molar-refractivity contribution in [3.05, 3.63) is 22.5 Å². The predicted molar refractivity (Wildman–Crippen MR) is 51.9 cm³/mol. The molecule has 0 aliphatic heterocycles. The Morgan fingerprint density at radius 1 is 1.46 bits per heavy atom. The Morgan fingerprint density at radius 2 is 2.08 bits per heavy atom. The Morgan fingerprint density at radius 3 is 2.62 bits per heavy atom. The average molecular weight is 201 g/mol. The molecule has 0 bridgehead atoms. The second-order valence-electron chi connectivity index (χ2n) is 3.73. The molecule has 0 saturated carbocycles. The fraction of sp³-hybridized carbons (Fsp3) is 0.556. The monoisotopic (exact) mass is 200 g/mol. The smallest absolute Gasteiger partial charge is 0.155 e. The molecule has 0 spiro atoms. The van der Waals surface area contributed by atoms with Crippen molar-refractivity contribution >= 4 is 11.6 Å². The minimum absolute atomic E-state index is 0.0395. The van der Waals surface area contributed by atoms with Gasteiger partial charge in [0.1, 0.15) is 0 Å². The Labute approximate surface area is 82.8 Å². The van der Waals surface area contributed by atoms with Crippen molar-refractivity contribution in [3.8, 4) is 0 Å². The average Bonchev–Trinajstić information content (AvgIpc) is 2.09. The summed E-state index contributed by atoms with van der Waals surface area (Å²) in [6.07, 6.45) is 0. The number of aromatic nitrogens is 2. The van der Waals surface area contributed by atoms with E-state index in [2.05, 4.69) is 10.2 Å². The summed E-state index contributed by atoms with van der Waals surface area (Å²) in [6, 6.07) is 1.85. The molecular formula is C9H13ClN2O. The van der Waals surface area contributed by atoms with E-state index in [1.54, 1.807) is 0 Å². The lowest BCUT2D eigenvalue weighted by Gasteiger charge is -2.22. The highest BCUT2D eigenvalue weighted by Gasteiger charge is 2.23. The Balaban J connectivity index is 3.20. The maximum Gasteiger partial charge on any atom is 0.155 e. The van der Waals surface area contributed by atoms with Crippen LogP contribution in [0, 0.1) is 6.92 Å². The highest BCUT2D eigenvalue weighted by molar-refractivity contribution is 6.30.